The number of amides is 1. The number of piperidine rings is 1. The summed E-state index contributed by atoms with van der Waals surface area (Å²) in [5.41, 5.74) is 0. The Morgan fingerprint density at radius 3 is 2.78 bits per heavy atom. The summed E-state index contributed by atoms with van der Waals surface area (Å²) >= 11 is 0. The van der Waals surface area contributed by atoms with Crippen LogP contribution in [0.25, 0.3) is 0 Å². The Morgan fingerprint density at radius 2 is 2.22 bits per heavy atom. The van der Waals surface area contributed by atoms with E-state index in [9.17, 15) is 4.79 Å². The zero-order valence-electron chi connectivity index (χ0n) is 13.9. The molecule has 0 unspecified atom stereocenters. The van der Waals surface area contributed by atoms with Crippen LogP contribution in [0.5, 0.6) is 0 Å². The molecule has 2 aromatic heterocycles. The van der Waals surface area contributed by atoms with Crippen LogP contribution in [0.3, 0.4) is 0 Å². The Bertz CT molecular complexity index is 692. The van der Waals surface area contributed by atoms with Crippen LogP contribution < -0.4 is 4.90 Å². The van der Waals surface area contributed by atoms with E-state index < -0.39 is 0 Å². The lowest BCUT2D eigenvalue weighted by Gasteiger charge is -2.38. The first-order valence-electron chi connectivity index (χ1n) is 7.80. The second-order valence-corrected chi connectivity index (χ2v) is 5.99. The molecule has 3 heterocycles. The van der Waals surface area contributed by atoms with Crippen molar-refractivity contribution in [1.29, 1.82) is 0 Å². The highest BCUT2D eigenvalue weighted by molar-refractivity contribution is 5.77. The average molecular weight is 318 g/mol. The van der Waals surface area contributed by atoms with Gasteiger partial charge in [-0.05, 0) is 18.5 Å². The third-order valence-corrected chi connectivity index (χ3v) is 4.32. The third-order valence-electron chi connectivity index (χ3n) is 4.32. The fourth-order valence-corrected chi connectivity index (χ4v) is 3.13. The molecule has 8 nitrogen and oxygen atoms in total. The second kappa shape index (κ2) is 6.02. The summed E-state index contributed by atoms with van der Waals surface area (Å²) in [4.78, 5) is 25.0. The molecule has 0 aromatic carbocycles. The quantitative estimate of drug-likeness (QED) is 0.846. The number of hydrogen-bond donors (Lipinski definition) is 0. The van der Waals surface area contributed by atoms with Crippen LogP contribution in [0.15, 0.2) is 16.9 Å². The van der Waals surface area contributed by atoms with E-state index in [1.165, 1.54) is 0 Å². The molecule has 8 heteroatoms. The second-order valence-electron chi connectivity index (χ2n) is 5.99. The van der Waals surface area contributed by atoms with Crippen molar-refractivity contribution in [2.75, 3.05) is 25.5 Å². The number of imidazole rings is 1. The first-order chi connectivity index (χ1) is 11.0. The lowest BCUT2D eigenvalue weighted by molar-refractivity contribution is -0.137. The molecule has 1 saturated heterocycles. The molecular formula is C15H22N6O2. The highest BCUT2D eigenvalue weighted by Crippen LogP contribution is 2.41. The summed E-state index contributed by atoms with van der Waals surface area (Å²) in [5, 5.41) is 4.01. The molecule has 2 atom stereocenters. The molecule has 1 fully saturated rings. The predicted octanol–water partition coefficient (Wildman–Crippen LogP) is 1.34. The van der Waals surface area contributed by atoms with Crippen molar-refractivity contribution < 1.29 is 9.32 Å². The lowest BCUT2D eigenvalue weighted by atomic mass is 9.87. The molecule has 124 valence electrons. The third kappa shape index (κ3) is 2.69. The predicted molar refractivity (Wildman–Crippen MR) is 83.9 cm³/mol. The number of carbonyl (C=O) groups is 1. The first kappa shape index (κ1) is 15.5. The number of anilines is 1. The minimum absolute atomic E-state index is 0.0463. The van der Waals surface area contributed by atoms with Crippen molar-refractivity contribution in [2.45, 2.75) is 31.7 Å². The molecule has 0 bridgehead atoms. The molecule has 0 spiro atoms. The smallest absolute Gasteiger partial charge is 0.265 e. The molecule has 23 heavy (non-hydrogen) atoms. The Labute approximate surface area is 135 Å². The van der Waals surface area contributed by atoms with Gasteiger partial charge in [-0.1, -0.05) is 0 Å². The van der Waals surface area contributed by atoms with Gasteiger partial charge in [0.05, 0.1) is 5.92 Å². The van der Waals surface area contributed by atoms with Gasteiger partial charge in [0.2, 0.25) is 11.8 Å². The molecule has 0 saturated carbocycles. The van der Waals surface area contributed by atoms with Crippen molar-refractivity contribution in [3.8, 4) is 0 Å². The van der Waals surface area contributed by atoms with Gasteiger partial charge in [-0.25, -0.2) is 4.98 Å². The number of nitrogens with zero attached hydrogens (tertiary/aromatic N) is 6. The standard InChI is InChI=1S/C15H22N6O2/c1-5-21-11(22)7-6-10(12(21)13-16-8-9-20(13)4)14-17-15(18-23-14)19(2)3/h8-10,12H,5-7H2,1-4H3/t10-,12-/m0/s1. The van der Waals surface area contributed by atoms with Crippen LogP contribution in [0.2, 0.25) is 0 Å². The van der Waals surface area contributed by atoms with Crippen molar-refractivity contribution in [3.63, 3.8) is 0 Å². The summed E-state index contributed by atoms with van der Waals surface area (Å²) in [7, 11) is 5.67. The summed E-state index contributed by atoms with van der Waals surface area (Å²) in [6, 6.07) is -0.184. The fourth-order valence-electron chi connectivity index (χ4n) is 3.13. The average Bonchev–Trinajstić information content (AvgIpc) is 3.15. The van der Waals surface area contributed by atoms with E-state index in [4.69, 9.17) is 4.52 Å². The van der Waals surface area contributed by atoms with Crippen LogP contribution in [0, 0.1) is 0 Å². The van der Waals surface area contributed by atoms with Crippen molar-refractivity contribution in [1.82, 2.24) is 24.6 Å². The van der Waals surface area contributed by atoms with Gasteiger partial charge in [-0.3, -0.25) is 4.79 Å². The maximum Gasteiger partial charge on any atom is 0.265 e. The lowest BCUT2D eigenvalue weighted by Crippen LogP contribution is -2.43. The van der Waals surface area contributed by atoms with Crippen LogP contribution in [0.4, 0.5) is 5.95 Å². The van der Waals surface area contributed by atoms with Gasteiger partial charge in [-0.2, -0.15) is 4.98 Å². The summed E-state index contributed by atoms with van der Waals surface area (Å²) < 4.78 is 7.43. The number of likely N-dealkylation sites (N-methyl/N-ethyl adjacent to an activating group) is 1. The monoisotopic (exact) mass is 318 g/mol. The van der Waals surface area contributed by atoms with Crippen LogP contribution in [-0.4, -0.2) is 51.1 Å². The molecule has 1 aliphatic heterocycles. The zero-order valence-corrected chi connectivity index (χ0v) is 13.9. The Hall–Kier alpha value is -2.38. The Kier molecular flexibility index (Phi) is 4.06. The number of aryl methyl sites for hydroxylation is 1. The van der Waals surface area contributed by atoms with Gasteiger partial charge in [0.1, 0.15) is 11.9 Å². The van der Waals surface area contributed by atoms with Gasteiger partial charge in [0.15, 0.2) is 0 Å². The maximum absolute atomic E-state index is 12.3. The van der Waals surface area contributed by atoms with Gasteiger partial charge in [-0.15, -0.1) is 0 Å². The Morgan fingerprint density at radius 1 is 1.43 bits per heavy atom. The molecule has 1 amide bonds. The van der Waals surface area contributed by atoms with E-state index in [-0.39, 0.29) is 17.9 Å². The van der Waals surface area contributed by atoms with E-state index >= 15 is 0 Å². The highest BCUT2D eigenvalue weighted by atomic mass is 16.5. The van der Waals surface area contributed by atoms with Gasteiger partial charge in [0, 0.05) is 46.5 Å². The number of likely N-dealkylation sites (tertiary alicyclic amines) is 1. The number of aromatic nitrogens is 4. The minimum Gasteiger partial charge on any atom is -0.344 e. The molecule has 0 radical (unpaired) electrons. The van der Waals surface area contributed by atoms with Crippen LogP contribution in [-0.2, 0) is 11.8 Å². The molecular weight excluding hydrogens is 296 g/mol. The number of rotatable bonds is 4. The van der Waals surface area contributed by atoms with Gasteiger partial charge in [0.25, 0.3) is 5.95 Å². The summed E-state index contributed by atoms with van der Waals surface area (Å²) in [5.74, 6) is 2.04. The normalized spacial score (nSPS) is 21.7. The van der Waals surface area contributed by atoms with Crippen molar-refractivity contribution in [3.05, 3.63) is 24.1 Å². The van der Waals surface area contributed by atoms with E-state index in [1.54, 1.807) is 11.1 Å². The van der Waals surface area contributed by atoms with E-state index in [0.717, 1.165) is 5.82 Å². The molecule has 2 aromatic rings. The van der Waals surface area contributed by atoms with Gasteiger partial charge < -0.3 is 18.9 Å². The summed E-state index contributed by atoms with van der Waals surface area (Å²) in [6.45, 7) is 2.61. The maximum atomic E-state index is 12.3. The molecule has 0 N–H and O–H groups in total. The van der Waals surface area contributed by atoms with E-state index in [2.05, 4.69) is 15.1 Å². The van der Waals surface area contributed by atoms with E-state index in [1.807, 2.05) is 43.7 Å². The van der Waals surface area contributed by atoms with Crippen molar-refractivity contribution in [2.24, 2.45) is 7.05 Å². The molecule has 0 aliphatic carbocycles. The molecule has 1 aliphatic rings. The van der Waals surface area contributed by atoms with Crippen LogP contribution in [0.1, 0.15) is 43.4 Å². The van der Waals surface area contributed by atoms with E-state index in [0.29, 0.717) is 31.2 Å². The number of hydrogen-bond acceptors (Lipinski definition) is 6. The zero-order chi connectivity index (χ0) is 16.6. The van der Waals surface area contributed by atoms with Crippen molar-refractivity contribution >= 4 is 11.9 Å². The number of carbonyl (C=O) groups excluding carboxylic acids is 1. The van der Waals surface area contributed by atoms with Crippen LogP contribution >= 0.6 is 0 Å². The fraction of sp³-hybridized carbons (Fsp3) is 0.600. The summed E-state index contributed by atoms with van der Waals surface area (Å²) in [6.07, 6.45) is 4.80. The Balaban J connectivity index is 2.02. The largest absolute Gasteiger partial charge is 0.344 e. The SMILES string of the molecule is CCN1C(=O)CC[C@H](c2nc(N(C)C)no2)[C@H]1c1nccn1C. The van der Waals surface area contributed by atoms with Gasteiger partial charge >= 0.3 is 0 Å². The topological polar surface area (TPSA) is 80.3 Å². The first-order valence-corrected chi connectivity index (χ1v) is 7.80. The minimum atomic E-state index is -0.184. The highest BCUT2D eigenvalue weighted by Gasteiger charge is 2.41. The molecule has 3 rings (SSSR count).